The van der Waals surface area contributed by atoms with Crippen LogP contribution in [0.4, 0.5) is 0 Å². The zero-order valence-corrected chi connectivity index (χ0v) is 14.0. The zero-order valence-electron chi connectivity index (χ0n) is 11.7. The van der Waals surface area contributed by atoms with Gasteiger partial charge in [-0.2, -0.15) is 0 Å². The van der Waals surface area contributed by atoms with Gasteiger partial charge < -0.3 is 9.47 Å². The molecule has 0 fully saturated rings. The first kappa shape index (κ1) is 16.9. The highest BCUT2D eigenvalue weighted by Gasteiger charge is 2.12. The normalized spacial score (nSPS) is 10.4. The van der Waals surface area contributed by atoms with E-state index in [4.69, 9.17) is 44.3 Å². The molecule has 2 rings (SSSR count). The van der Waals surface area contributed by atoms with Crippen LogP contribution in [-0.2, 0) is 6.61 Å². The minimum absolute atomic E-state index is 0.229. The second-order valence-electron chi connectivity index (χ2n) is 4.40. The average molecular weight is 360 g/mol. The van der Waals surface area contributed by atoms with Crippen molar-refractivity contribution in [3.63, 3.8) is 0 Å². The Morgan fingerprint density at radius 1 is 1.00 bits per heavy atom. The van der Waals surface area contributed by atoms with Crippen LogP contribution in [0.15, 0.2) is 30.3 Å². The summed E-state index contributed by atoms with van der Waals surface area (Å²) in [7, 11) is 0. The molecule has 0 N–H and O–H groups in total. The fraction of sp³-hybridized carbons (Fsp3) is 0.188. The molecule has 0 aliphatic heterocycles. The Morgan fingerprint density at radius 3 is 2.36 bits per heavy atom. The van der Waals surface area contributed by atoms with Gasteiger partial charge >= 0.3 is 0 Å². The van der Waals surface area contributed by atoms with Crippen molar-refractivity contribution in [2.75, 3.05) is 6.61 Å². The molecule has 0 saturated heterocycles. The number of hydrogen-bond donors (Lipinski definition) is 0. The highest BCUT2D eigenvalue weighted by atomic mass is 35.5. The van der Waals surface area contributed by atoms with Gasteiger partial charge in [0, 0.05) is 27.2 Å². The number of halogens is 3. The highest BCUT2D eigenvalue weighted by Crippen LogP contribution is 2.34. The lowest BCUT2D eigenvalue weighted by atomic mass is 10.2. The van der Waals surface area contributed by atoms with Crippen LogP contribution in [-0.4, -0.2) is 12.9 Å². The van der Waals surface area contributed by atoms with Gasteiger partial charge in [0.1, 0.15) is 6.61 Å². The summed E-state index contributed by atoms with van der Waals surface area (Å²) in [5.41, 5.74) is 1.13. The molecule has 0 aliphatic rings. The molecule has 116 valence electrons. The van der Waals surface area contributed by atoms with E-state index in [1.54, 1.807) is 30.3 Å². The molecular weight excluding hydrogens is 347 g/mol. The van der Waals surface area contributed by atoms with Gasteiger partial charge in [0.15, 0.2) is 17.8 Å². The van der Waals surface area contributed by atoms with E-state index in [0.717, 1.165) is 5.56 Å². The molecule has 2 aromatic rings. The maximum atomic E-state index is 10.9. The smallest absolute Gasteiger partial charge is 0.163 e. The summed E-state index contributed by atoms with van der Waals surface area (Å²) in [5, 5.41) is 1.37. The maximum absolute atomic E-state index is 10.9. The van der Waals surface area contributed by atoms with E-state index in [0.29, 0.717) is 45.0 Å². The summed E-state index contributed by atoms with van der Waals surface area (Å²) in [6.07, 6.45) is 0.671. The Labute approximate surface area is 143 Å². The van der Waals surface area contributed by atoms with Gasteiger partial charge in [-0.25, -0.2) is 0 Å². The molecule has 6 heteroatoms. The van der Waals surface area contributed by atoms with Crippen molar-refractivity contribution in [3.05, 3.63) is 56.5 Å². The summed E-state index contributed by atoms with van der Waals surface area (Å²) in [6.45, 7) is 2.51. The van der Waals surface area contributed by atoms with Gasteiger partial charge in [0.2, 0.25) is 0 Å². The molecule has 0 spiro atoms. The summed E-state index contributed by atoms with van der Waals surface area (Å²) in [4.78, 5) is 10.9. The van der Waals surface area contributed by atoms with E-state index in [2.05, 4.69) is 0 Å². The molecule has 0 aliphatic carbocycles. The molecule has 3 nitrogen and oxygen atoms in total. The largest absolute Gasteiger partial charge is 0.490 e. The van der Waals surface area contributed by atoms with Gasteiger partial charge in [-0.05, 0) is 25.1 Å². The molecule has 0 amide bonds. The summed E-state index contributed by atoms with van der Waals surface area (Å²) >= 11 is 18.0. The highest BCUT2D eigenvalue weighted by molar-refractivity contribution is 6.35. The van der Waals surface area contributed by atoms with Gasteiger partial charge in [-0.1, -0.05) is 40.9 Å². The topological polar surface area (TPSA) is 35.5 Å². The molecule has 0 saturated carbocycles. The second kappa shape index (κ2) is 7.73. The predicted octanol–water partition coefficient (Wildman–Crippen LogP) is 5.44. The quantitative estimate of drug-likeness (QED) is 0.644. The Morgan fingerprint density at radius 2 is 1.73 bits per heavy atom. The standard InChI is InChI=1S/C16H13Cl3O3/c1-2-21-15-5-11(8-20)14(19)7-16(15)22-9-10-3-4-12(17)6-13(10)18/h3-8H,2,9H2,1H3. The molecule has 0 radical (unpaired) electrons. The van der Waals surface area contributed by atoms with Crippen molar-refractivity contribution in [2.24, 2.45) is 0 Å². The van der Waals surface area contributed by atoms with Crippen molar-refractivity contribution in [3.8, 4) is 11.5 Å². The predicted molar refractivity (Wildman–Crippen MR) is 88.8 cm³/mol. The van der Waals surface area contributed by atoms with Crippen LogP contribution in [0.2, 0.25) is 15.1 Å². The number of rotatable bonds is 6. The Hall–Kier alpha value is -1.42. The van der Waals surface area contributed by atoms with Crippen LogP contribution in [0.3, 0.4) is 0 Å². The van der Waals surface area contributed by atoms with E-state index < -0.39 is 0 Å². The van der Waals surface area contributed by atoms with E-state index in [1.165, 1.54) is 0 Å². The molecule has 0 bridgehead atoms. The first-order valence-electron chi connectivity index (χ1n) is 6.53. The number of benzene rings is 2. The average Bonchev–Trinajstić information content (AvgIpc) is 2.48. The Kier molecular flexibility index (Phi) is 5.95. The van der Waals surface area contributed by atoms with Gasteiger partial charge in [0.25, 0.3) is 0 Å². The lowest BCUT2D eigenvalue weighted by molar-refractivity contribution is 0.112. The van der Waals surface area contributed by atoms with Crippen LogP contribution >= 0.6 is 34.8 Å². The summed E-state index contributed by atoms with van der Waals surface area (Å²) in [6, 6.07) is 8.27. The van der Waals surface area contributed by atoms with Gasteiger partial charge in [-0.3, -0.25) is 4.79 Å². The lowest BCUT2D eigenvalue weighted by Gasteiger charge is -2.14. The number of hydrogen-bond acceptors (Lipinski definition) is 3. The van der Waals surface area contributed by atoms with Crippen molar-refractivity contribution in [2.45, 2.75) is 13.5 Å². The second-order valence-corrected chi connectivity index (χ2v) is 5.65. The van der Waals surface area contributed by atoms with Crippen LogP contribution in [0, 0.1) is 0 Å². The number of aldehydes is 1. The van der Waals surface area contributed by atoms with Crippen LogP contribution in [0.25, 0.3) is 0 Å². The van der Waals surface area contributed by atoms with Crippen LogP contribution in [0.1, 0.15) is 22.8 Å². The molecule has 0 unspecified atom stereocenters. The van der Waals surface area contributed by atoms with Crippen LogP contribution < -0.4 is 9.47 Å². The molecular formula is C16H13Cl3O3. The first-order valence-corrected chi connectivity index (χ1v) is 7.66. The third-order valence-electron chi connectivity index (χ3n) is 2.89. The Bertz CT molecular complexity index is 687. The van der Waals surface area contributed by atoms with Crippen LogP contribution in [0.5, 0.6) is 11.5 Å². The van der Waals surface area contributed by atoms with Crippen molar-refractivity contribution in [1.29, 1.82) is 0 Å². The van der Waals surface area contributed by atoms with Gasteiger partial charge in [-0.15, -0.1) is 0 Å². The molecule has 0 heterocycles. The fourth-order valence-electron chi connectivity index (χ4n) is 1.82. The number of ether oxygens (including phenoxy) is 2. The zero-order chi connectivity index (χ0) is 16.1. The SMILES string of the molecule is CCOc1cc(C=O)c(Cl)cc1OCc1ccc(Cl)cc1Cl. The monoisotopic (exact) mass is 358 g/mol. The molecule has 0 aromatic heterocycles. The van der Waals surface area contributed by atoms with Gasteiger partial charge in [0.05, 0.1) is 11.6 Å². The van der Waals surface area contributed by atoms with E-state index >= 15 is 0 Å². The third-order valence-corrected chi connectivity index (χ3v) is 3.80. The van der Waals surface area contributed by atoms with E-state index in [1.807, 2.05) is 6.92 Å². The van der Waals surface area contributed by atoms with E-state index in [9.17, 15) is 4.79 Å². The third kappa shape index (κ3) is 4.07. The van der Waals surface area contributed by atoms with E-state index in [-0.39, 0.29) is 6.61 Å². The van der Waals surface area contributed by atoms with Crippen molar-refractivity contribution < 1.29 is 14.3 Å². The van der Waals surface area contributed by atoms with Crippen molar-refractivity contribution >= 4 is 41.1 Å². The fourth-order valence-corrected chi connectivity index (χ4v) is 2.48. The summed E-state index contributed by atoms with van der Waals surface area (Å²) in [5.74, 6) is 0.905. The minimum atomic E-state index is 0.229. The maximum Gasteiger partial charge on any atom is 0.163 e. The molecule has 2 aromatic carbocycles. The Balaban J connectivity index is 2.24. The minimum Gasteiger partial charge on any atom is -0.490 e. The number of carbonyl (C=O) groups excluding carboxylic acids is 1. The molecule has 0 atom stereocenters. The lowest BCUT2D eigenvalue weighted by Crippen LogP contribution is -2.01. The summed E-state index contributed by atoms with van der Waals surface area (Å²) < 4.78 is 11.2. The van der Waals surface area contributed by atoms with Crippen molar-refractivity contribution in [1.82, 2.24) is 0 Å². The number of carbonyl (C=O) groups is 1. The molecule has 22 heavy (non-hydrogen) atoms. The first-order chi connectivity index (χ1) is 10.5.